The third-order valence-corrected chi connectivity index (χ3v) is 3.92. The third kappa shape index (κ3) is 4.82. The van der Waals surface area contributed by atoms with Crippen LogP contribution in [0.2, 0.25) is 0 Å². The number of hydrogen-bond donors (Lipinski definition) is 1. The molecule has 1 N–H and O–H groups in total. The van der Waals surface area contributed by atoms with E-state index >= 15 is 0 Å². The molecule has 0 atom stereocenters. The molecule has 0 aliphatic carbocycles. The number of rotatable bonds is 7. The molecule has 1 aromatic rings. The van der Waals surface area contributed by atoms with Crippen LogP contribution in [-0.2, 0) is 6.42 Å². The maximum atomic E-state index is 12.6. The van der Waals surface area contributed by atoms with Crippen LogP contribution < -0.4 is 10.1 Å². The average molecular weight is 304 g/mol. The molecule has 1 aliphatic heterocycles. The van der Waals surface area contributed by atoms with Gasteiger partial charge < -0.3 is 10.1 Å². The summed E-state index contributed by atoms with van der Waals surface area (Å²) in [5.41, 5.74) is 1.93. The highest BCUT2D eigenvalue weighted by Gasteiger charge is 2.17. The molecular weight excluding hydrogens is 276 g/mol. The molecule has 0 spiro atoms. The zero-order valence-corrected chi connectivity index (χ0v) is 14.0. The predicted molar refractivity (Wildman–Crippen MR) is 89.8 cm³/mol. The maximum absolute atomic E-state index is 12.6. The monoisotopic (exact) mass is 304 g/mol. The Hall–Kier alpha value is -1.39. The Morgan fingerprint density at radius 3 is 2.68 bits per heavy atom. The number of aryl methyl sites for hydroxylation is 1. The molecule has 0 bridgehead atoms. The third-order valence-electron chi connectivity index (χ3n) is 3.92. The highest BCUT2D eigenvalue weighted by atomic mass is 16.5. The molecule has 1 heterocycles. The molecule has 0 saturated carbocycles. The molecule has 0 unspecified atom stereocenters. The Labute approximate surface area is 133 Å². The molecule has 0 radical (unpaired) electrons. The minimum Gasteiger partial charge on any atom is -0.493 e. The van der Waals surface area contributed by atoms with Gasteiger partial charge in [0.1, 0.15) is 5.75 Å². The summed E-state index contributed by atoms with van der Waals surface area (Å²) < 4.78 is 5.76. The van der Waals surface area contributed by atoms with E-state index in [9.17, 15) is 4.79 Å². The minimum atomic E-state index is 0.217. The zero-order valence-electron chi connectivity index (χ0n) is 14.0. The van der Waals surface area contributed by atoms with Crippen LogP contribution in [0.5, 0.6) is 5.75 Å². The van der Waals surface area contributed by atoms with Crippen molar-refractivity contribution >= 4 is 5.78 Å². The van der Waals surface area contributed by atoms with Gasteiger partial charge in [-0.15, -0.1) is 0 Å². The Morgan fingerprint density at radius 1 is 1.32 bits per heavy atom. The van der Waals surface area contributed by atoms with Crippen molar-refractivity contribution in [3.8, 4) is 5.75 Å². The molecule has 1 saturated heterocycles. The molecule has 2 rings (SSSR count). The van der Waals surface area contributed by atoms with E-state index in [1.54, 1.807) is 0 Å². The lowest BCUT2D eigenvalue weighted by molar-refractivity contribution is 0.0920. The molecule has 4 nitrogen and oxygen atoms in total. The largest absolute Gasteiger partial charge is 0.493 e. The summed E-state index contributed by atoms with van der Waals surface area (Å²) in [6.07, 6.45) is 0.849. The fourth-order valence-electron chi connectivity index (χ4n) is 2.64. The summed E-state index contributed by atoms with van der Waals surface area (Å²) in [5.74, 6) is 1.58. The minimum absolute atomic E-state index is 0.217. The van der Waals surface area contributed by atoms with Crippen LogP contribution in [0.15, 0.2) is 18.2 Å². The second kappa shape index (κ2) is 8.30. The number of nitrogens with zero attached hydrogens (tertiary/aromatic N) is 1. The quantitative estimate of drug-likeness (QED) is 0.785. The van der Waals surface area contributed by atoms with Gasteiger partial charge in [-0.1, -0.05) is 20.8 Å². The van der Waals surface area contributed by atoms with Crippen LogP contribution in [0.3, 0.4) is 0 Å². The van der Waals surface area contributed by atoms with Crippen LogP contribution >= 0.6 is 0 Å². The van der Waals surface area contributed by atoms with Crippen molar-refractivity contribution in [2.45, 2.75) is 27.2 Å². The van der Waals surface area contributed by atoms with Crippen LogP contribution in [0, 0.1) is 5.92 Å². The molecular formula is C18H28N2O2. The van der Waals surface area contributed by atoms with Gasteiger partial charge in [-0.05, 0) is 36.1 Å². The Kier molecular flexibility index (Phi) is 6.40. The van der Waals surface area contributed by atoms with Crippen LogP contribution in [-0.4, -0.2) is 50.0 Å². The lowest BCUT2D eigenvalue weighted by Crippen LogP contribution is -2.45. The smallest absolute Gasteiger partial charge is 0.177 e. The van der Waals surface area contributed by atoms with Gasteiger partial charge >= 0.3 is 0 Å². The highest BCUT2D eigenvalue weighted by molar-refractivity contribution is 5.99. The molecule has 4 heteroatoms. The van der Waals surface area contributed by atoms with Gasteiger partial charge in [0.2, 0.25) is 0 Å². The first-order valence-corrected chi connectivity index (χ1v) is 8.32. The van der Waals surface area contributed by atoms with Crippen LogP contribution in [0.1, 0.15) is 36.7 Å². The zero-order chi connectivity index (χ0) is 15.9. The van der Waals surface area contributed by atoms with Gasteiger partial charge in [0.25, 0.3) is 0 Å². The van der Waals surface area contributed by atoms with E-state index in [1.807, 2.05) is 18.2 Å². The van der Waals surface area contributed by atoms with Crippen LogP contribution in [0.25, 0.3) is 0 Å². The van der Waals surface area contributed by atoms with Gasteiger partial charge in [0, 0.05) is 31.7 Å². The number of piperazine rings is 1. The first-order chi connectivity index (χ1) is 10.6. The van der Waals surface area contributed by atoms with Gasteiger partial charge in [0.05, 0.1) is 13.2 Å². The number of ketones is 1. The van der Waals surface area contributed by atoms with E-state index in [0.717, 1.165) is 49.5 Å². The molecule has 122 valence electrons. The Morgan fingerprint density at radius 2 is 2.05 bits per heavy atom. The van der Waals surface area contributed by atoms with Gasteiger partial charge in [-0.3, -0.25) is 9.69 Å². The lowest BCUT2D eigenvalue weighted by atomic mass is 10.0. The number of carbonyl (C=O) groups excluding carboxylic acids is 1. The fourth-order valence-corrected chi connectivity index (χ4v) is 2.64. The summed E-state index contributed by atoms with van der Waals surface area (Å²) in [6.45, 7) is 11.4. The molecule has 1 aliphatic rings. The van der Waals surface area contributed by atoms with E-state index in [-0.39, 0.29) is 5.78 Å². The van der Waals surface area contributed by atoms with E-state index in [0.29, 0.717) is 19.1 Å². The summed E-state index contributed by atoms with van der Waals surface area (Å²) in [4.78, 5) is 14.8. The first kappa shape index (κ1) is 17.0. The van der Waals surface area contributed by atoms with Crippen molar-refractivity contribution in [1.29, 1.82) is 0 Å². The Balaban J connectivity index is 2.03. The first-order valence-electron chi connectivity index (χ1n) is 8.32. The van der Waals surface area contributed by atoms with Crippen molar-refractivity contribution in [3.05, 3.63) is 29.3 Å². The highest BCUT2D eigenvalue weighted by Crippen LogP contribution is 2.20. The topological polar surface area (TPSA) is 41.6 Å². The van der Waals surface area contributed by atoms with E-state index < -0.39 is 0 Å². The van der Waals surface area contributed by atoms with Crippen molar-refractivity contribution in [2.75, 3.05) is 39.3 Å². The standard InChI is InChI=1S/C18H28N2O2/c1-4-15-11-16(22-13-14(2)3)5-6-17(15)18(21)12-20-9-7-19-8-10-20/h5-6,11,14,19H,4,7-10,12-13H2,1-3H3. The molecule has 1 aromatic carbocycles. The lowest BCUT2D eigenvalue weighted by Gasteiger charge is -2.26. The number of carbonyl (C=O) groups is 1. The average Bonchev–Trinajstić information content (AvgIpc) is 2.53. The Bertz CT molecular complexity index is 494. The SMILES string of the molecule is CCc1cc(OCC(C)C)ccc1C(=O)CN1CCNCC1. The van der Waals surface area contributed by atoms with Gasteiger partial charge in [-0.25, -0.2) is 0 Å². The van der Waals surface area contributed by atoms with Gasteiger partial charge in [0.15, 0.2) is 5.78 Å². The second-order valence-electron chi connectivity index (χ2n) is 6.33. The van der Waals surface area contributed by atoms with Crippen molar-refractivity contribution in [1.82, 2.24) is 10.2 Å². The molecule has 0 amide bonds. The number of ether oxygens (including phenoxy) is 1. The molecule has 0 aromatic heterocycles. The van der Waals surface area contributed by atoms with Crippen molar-refractivity contribution < 1.29 is 9.53 Å². The molecule has 1 fully saturated rings. The van der Waals surface area contributed by atoms with Crippen molar-refractivity contribution in [2.24, 2.45) is 5.92 Å². The number of hydrogen-bond acceptors (Lipinski definition) is 4. The number of Topliss-reactive ketones (excluding diaryl/α,β-unsaturated/α-hetero) is 1. The summed E-state index contributed by atoms with van der Waals surface area (Å²) in [6, 6.07) is 5.87. The van der Waals surface area contributed by atoms with E-state index in [2.05, 4.69) is 31.0 Å². The predicted octanol–water partition coefficient (Wildman–Crippen LogP) is 2.37. The normalized spacial score (nSPS) is 16.0. The summed E-state index contributed by atoms with van der Waals surface area (Å²) in [5, 5.41) is 3.31. The van der Waals surface area contributed by atoms with E-state index in [1.165, 1.54) is 0 Å². The van der Waals surface area contributed by atoms with Crippen molar-refractivity contribution in [3.63, 3.8) is 0 Å². The van der Waals surface area contributed by atoms with Gasteiger partial charge in [-0.2, -0.15) is 0 Å². The summed E-state index contributed by atoms with van der Waals surface area (Å²) >= 11 is 0. The van der Waals surface area contributed by atoms with Crippen LogP contribution in [0.4, 0.5) is 0 Å². The van der Waals surface area contributed by atoms with E-state index in [4.69, 9.17) is 4.74 Å². The maximum Gasteiger partial charge on any atom is 0.177 e. The summed E-state index contributed by atoms with van der Waals surface area (Å²) in [7, 11) is 0. The fraction of sp³-hybridized carbons (Fsp3) is 0.611. The second-order valence-corrected chi connectivity index (χ2v) is 6.33. The number of benzene rings is 1. The number of nitrogens with one attached hydrogen (secondary N) is 1. The molecule has 22 heavy (non-hydrogen) atoms.